The number of carboxylic acids is 1. The lowest BCUT2D eigenvalue weighted by Gasteiger charge is -2.06. The number of hydrogen-bond acceptors (Lipinski definition) is 3. The summed E-state index contributed by atoms with van der Waals surface area (Å²) in [5.41, 5.74) is -0.0251. The van der Waals surface area contributed by atoms with Gasteiger partial charge in [-0.3, -0.25) is 0 Å². The van der Waals surface area contributed by atoms with E-state index in [0.717, 1.165) is 0 Å². The van der Waals surface area contributed by atoms with Crippen LogP contribution in [0.15, 0.2) is 12.1 Å². The minimum absolute atomic E-state index is 0.00756. The Morgan fingerprint density at radius 2 is 2.36 bits per heavy atom. The summed E-state index contributed by atoms with van der Waals surface area (Å²) in [5.74, 6) is -1.04. The van der Waals surface area contributed by atoms with Crippen LogP contribution < -0.4 is 5.32 Å². The molecule has 0 saturated carbocycles. The van der Waals surface area contributed by atoms with E-state index >= 15 is 0 Å². The van der Waals surface area contributed by atoms with Crippen molar-refractivity contribution >= 4 is 23.4 Å². The summed E-state index contributed by atoms with van der Waals surface area (Å²) in [6.07, 6.45) is 0. The van der Waals surface area contributed by atoms with Gasteiger partial charge in [-0.25, -0.2) is 14.2 Å². The number of rotatable bonds is 4. The van der Waals surface area contributed by atoms with Gasteiger partial charge in [-0.15, -0.1) is 0 Å². The normalized spacial score (nSPS) is 9.86. The van der Waals surface area contributed by atoms with Crippen LogP contribution in [0.1, 0.15) is 10.4 Å². The highest BCUT2D eigenvalue weighted by Crippen LogP contribution is 2.16. The van der Waals surface area contributed by atoms with E-state index in [2.05, 4.69) is 10.3 Å². The molecule has 0 atom stereocenters. The van der Waals surface area contributed by atoms with Crippen molar-refractivity contribution in [2.75, 3.05) is 18.5 Å². The molecule has 0 radical (unpaired) electrons. The van der Waals surface area contributed by atoms with Gasteiger partial charge in [0, 0.05) is 6.54 Å². The van der Waals surface area contributed by atoms with E-state index < -0.39 is 12.6 Å². The summed E-state index contributed by atoms with van der Waals surface area (Å²) in [5, 5.41) is 11.4. The largest absolute Gasteiger partial charge is 0.478 e. The maximum absolute atomic E-state index is 11.8. The van der Waals surface area contributed by atoms with E-state index in [9.17, 15) is 9.18 Å². The molecule has 0 aliphatic heterocycles. The lowest BCUT2D eigenvalue weighted by molar-refractivity contribution is 0.0697. The highest BCUT2D eigenvalue weighted by atomic mass is 35.5. The summed E-state index contributed by atoms with van der Waals surface area (Å²) in [6.45, 7) is -0.596. The lowest BCUT2D eigenvalue weighted by Crippen LogP contribution is -2.10. The molecule has 0 unspecified atom stereocenters. The zero-order valence-electron chi connectivity index (χ0n) is 7.13. The van der Waals surface area contributed by atoms with Crippen molar-refractivity contribution in [3.63, 3.8) is 0 Å². The third kappa shape index (κ3) is 2.56. The van der Waals surface area contributed by atoms with Crippen molar-refractivity contribution in [1.29, 1.82) is 0 Å². The lowest BCUT2D eigenvalue weighted by atomic mass is 10.2. The van der Waals surface area contributed by atoms with Crippen LogP contribution in [0.4, 0.5) is 10.2 Å². The Hall–Kier alpha value is -1.36. The number of alkyl halides is 1. The van der Waals surface area contributed by atoms with Crippen molar-refractivity contribution in [1.82, 2.24) is 4.98 Å². The Kier molecular flexibility index (Phi) is 3.64. The van der Waals surface area contributed by atoms with E-state index in [1.165, 1.54) is 12.1 Å². The molecule has 1 rings (SSSR count). The zero-order valence-corrected chi connectivity index (χ0v) is 7.88. The molecule has 0 bridgehead atoms. The predicted molar refractivity (Wildman–Crippen MR) is 50.7 cm³/mol. The minimum atomic E-state index is -1.13. The quantitative estimate of drug-likeness (QED) is 0.757. The Morgan fingerprint density at radius 1 is 1.64 bits per heavy atom. The number of carboxylic acid groups (broad SMARTS) is 1. The van der Waals surface area contributed by atoms with Gasteiger partial charge in [-0.05, 0) is 12.1 Å². The average molecular weight is 219 g/mol. The standard InChI is InChI=1S/C8H8ClFN2O2/c9-6-2-1-5(8(13)14)7(12-6)11-4-3-10/h1-2H,3-4H2,(H,11,12)(H,13,14). The van der Waals surface area contributed by atoms with Gasteiger partial charge in [-0.2, -0.15) is 0 Å². The van der Waals surface area contributed by atoms with E-state index in [-0.39, 0.29) is 23.1 Å². The molecular formula is C8H8ClFN2O2. The van der Waals surface area contributed by atoms with Gasteiger partial charge in [0.25, 0.3) is 0 Å². The molecule has 1 aromatic rings. The Balaban J connectivity index is 2.97. The summed E-state index contributed by atoms with van der Waals surface area (Å²) >= 11 is 5.56. The molecule has 0 aliphatic carbocycles. The fourth-order valence-electron chi connectivity index (χ4n) is 0.908. The first-order valence-electron chi connectivity index (χ1n) is 3.85. The highest BCUT2D eigenvalue weighted by molar-refractivity contribution is 6.29. The van der Waals surface area contributed by atoms with Gasteiger partial charge in [0.2, 0.25) is 0 Å². The van der Waals surface area contributed by atoms with Crippen molar-refractivity contribution in [3.05, 3.63) is 22.8 Å². The summed E-state index contributed by atoms with van der Waals surface area (Å²) < 4.78 is 11.8. The second-order valence-electron chi connectivity index (χ2n) is 2.45. The molecule has 0 spiro atoms. The number of nitrogens with zero attached hydrogens (tertiary/aromatic N) is 1. The van der Waals surface area contributed by atoms with Crippen LogP contribution in [0, 0.1) is 0 Å². The van der Waals surface area contributed by atoms with Crippen molar-refractivity contribution < 1.29 is 14.3 Å². The van der Waals surface area contributed by atoms with Crippen molar-refractivity contribution in [3.8, 4) is 0 Å². The fraction of sp³-hybridized carbons (Fsp3) is 0.250. The van der Waals surface area contributed by atoms with E-state index in [0.29, 0.717) is 0 Å². The van der Waals surface area contributed by atoms with Gasteiger partial charge in [0.05, 0.1) is 0 Å². The summed E-state index contributed by atoms with van der Waals surface area (Å²) in [4.78, 5) is 14.4. The average Bonchev–Trinajstić information content (AvgIpc) is 2.14. The molecule has 1 heterocycles. The van der Waals surface area contributed by atoms with Gasteiger partial charge < -0.3 is 10.4 Å². The number of nitrogens with one attached hydrogen (secondary N) is 1. The van der Waals surface area contributed by atoms with Gasteiger partial charge in [0.15, 0.2) is 0 Å². The molecule has 0 amide bonds. The first kappa shape index (κ1) is 10.7. The van der Waals surface area contributed by atoms with Crippen LogP contribution in [0.3, 0.4) is 0 Å². The second kappa shape index (κ2) is 4.76. The molecule has 0 fully saturated rings. The van der Waals surface area contributed by atoms with E-state index in [4.69, 9.17) is 16.7 Å². The van der Waals surface area contributed by atoms with Crippen LogP contribution in [0.2, 0.25) is 5.15 Å². The minimum Gasteiger partial charge on any atom is -0.478 e. The zero-order chi connectivity index (χ0) is 10.6. The molecule has 0 saturated heterocycles. The smallest absolute Gasteiger partial charge is 0.339 e. The molecule has 14 heavy (non-hydrogen) atoms. The molecule has 0 aliphatic rings. The summed E-state index contributed by atoms with van der Waals surface area (Å²) in [6, 6.07) is 2.68. The SMILES string of the molecule is O=C(O)c1ccc(Cl)nc1NCCF. The van der Waals surface area contributed by atoms with Crippen molar-refractivity contribution in [2.45, 2.75) is 0 Å². The number of pyridine rings is 1. The monoisotopic (exact) mass is 218 g/mol. The molecule has 2 N–H and O–H groups in total. The number of aromatic carboxylic acids is 1. The highest BCUT2D eigenvalue weighted by Gasteiger charge is 2.11. The van der Waals surface area contributed by atoms with Gasteiger partial charge in [0.1, 0.15) is 23.2 Å². The predicted octanol–water partition coefficient (Wildman–Crippen LogP) is 1.81. The van der Waals surface area contributed by atoms with Crippen LogP contribution in [0.25, 0.3) is 0 Å². The number of aromatic nitrogens is 1. The third-order valence-corrected chi connectivity index (χ3v) is 1.69. The third-order valence-electron chi connectivity index (χ3n) is 1.48. The van der Waals surface area contributed by atoms with E-state index in [1.807, 2.05) is 0 Å². The number of anilines is 1. The maximum atomic E-state index is 11.8. The molecular weight excluding hydrogens is 211 g/mol. The van der Waals surface area contributed by atoms with E-state index in [1.54, 1.807) is 0 Å². The maximum Gasteiger partial charge on any atom is 0.339 e. The first-order chi connectivity index (χ1) is 6.65. The molecule has 1 aromatic heterocycles. The molecule has 0 aromatic carbocycles. The van der Waals surface area contributed by atoms with Crippen LogP contribution in [-0.2, 0) is 0 Å². The van der Waals surface area contributed by atoms with Crippen LogP contribution >= 0.6 is 11.6 Å². The topological polar surface area (TPSA) is 62.2 Å². The number of halogens is 2. The van der Waals surface area contributed by atoms with Crippen LogP contribution in [-0.4, -0.2) is 29.3 Å². The fourth-order valence-corrected chi connectivity index (χ4v) is 1.06. The Labute approximate surface area is 84.7 Å². The number of hydrogen-bond donors (Lipinski definition) is 2. The summed E-state index contributed by atoms with van der Waals surface area (Å²) in [7, 11) is 0. The Morgan fingerprint density at radius 3 is 2.93 bits per heavy atom. The van der Waals surface area contributed by atoms with Crippen LogP contribution in [0.5, 0.6) is 0 Å². The molecule has 76 valence electrons. The van der Waals surface area contributed by atoms with Gasteiger partial charge >= 0.3 is 5.97 Å². The molecule has 4 nitrogen and oxygen atoms in total. The molecule has 6 heteroatoms. The first-order valence-corrected chi connectivity index (χ1v) is 4.22. The second-order valence-corrected chi connectivity index (χ2v) is 2.84. The van der Waals surface area contributed by atoms with Gasteiger partial charge in [-0.1, -0.05) is 11.6 Å². The number of carbonyl (C=O) groups is 1. The Bertz CT molecular complexity index is 346. The van der Waals surface area contributed by atoms with Crippen molar-refractivity contribution in [2.24, 2.45) is 0 Å².